The predicted octanol–water partition coefficient (Wildman–Crippen LogP) is 3.51. The number of fused-ring (bicyclic) bond motifs is 1. The Kier molecular flexibility index (Phi) is 4.19. The molecule has 0 aliphatic heterocycles. The van der Waals surface area contributed by atoms with E-state index >= 15 is 0 Å². The fourth-order valence-corrected chi connectivity index (χ4v) is 2.76. The Balaban J connectivity index is 2.22. The van der Waals surface area contributed by atoms with Crippen molar-refractivity contribution in [2.75, 3.05) is 6.61 Å². The Labute approximate surface area is 146 Å². The number of aromatic hydroxyl groups is 1. The minimum absolute atomic E-state index is 0.0245. The SMILES string of the molecule is [C-]#[N+]c1ccc2nn(-c3cc(CCO)cc(C(C)(C)C)c3O)nc2c1. The largest absolute Gasteiger partial charge is 0.505 e. The van der Waals surface area contributed by atoms with E-state index in [2.05, 4.69) is 15.0 Å². The van der Waals surface area contributed by atoms with Gasteiger partial charge in [0, 0.05) is 12.2 Å². The van der Waals surface area contributed by atoms with Gasteiger partial charge in [0.25, 0.3) is 0 Å². The van der Waals surface area contributed by atoms with Crippen LogP contribution in [-0.4, -0.2) is 31.8 Å². The van der Waals surface area contributed by atoms with Gasteiger partial charge >= 0.3 is 0 Å². The molecule has 2 N–H and O–H groups in total. The first-order chi connectivity index (χ1) is 11.8. The number of phenols is 1. The van der Waals surface area contributed by atoms with Crippen molar-refractivity contribution in [2.45, 2.75) is 32.6 Å². The third-order valence-corrected chi connectivity index (χ3v) is 4.07. The van der Waals surface area contributed by atoms with Gasteiger partial charge in [-0.25, -0.2) is 4.85 Å². The molecule has 0 unspecified atom stereocenters. The molecule has 0 aliphatic rings. The van der Waals surface area contributed by atoms with Gasteiger partial charge in [0.1, 0.15) is 22.5 Å². The van der Waals surface area contributed by atoms with E-state index in [0.717, 1.165) is 11.1 Å². The highest BCUT2D eigenvalue weighted by Crippen LogP contribution is 2.36. The molecule has 6 nitrogen and oxygen atoms in total. The molecule has 128 valence electrons. The molecule has 3 aromatic rings. The molecule has 0 aliphatic carbocycles. The molecule has 3 rings (SSSR count). The highest BCUT2D eigenvalue weighted by molar-refractivity contribution is 5.78. The van der Waals surface area contributed by atoms with Crippen molar-refractivity contribution in [3.8, 4) is 11.4 Å². The monoisotopic (exact) mass is 336 g/mol. The maximum atomic E-state index is 10.8. The third kappa shape index (κ3) is 3.19. The van der Waals surface area contributed by atoms with Crippen molar-refractivity contribution in [3.63, 3.8) is 0 Å². The number of hydrogen-bond acceptors (Lipinski definition) is 4. The Morgan fingerprint density at radius 3 is 2.48 bits per heavy atom. The molecule has 6 heteroatoms. The summed E-state index contributed by atoms with van der Waals surface area (Å²) in [7, 11) is 0. The highest BCUT2D eigenvalue weighted by Gasteiger charge is 2.23. The van der Waals surface area contributed by atoms with Crippen LogP contribution in [0.15, 0.2) is 30.3 Å². The van der Waals surface area contributed by atoms with E-state index in [0.29, 0.717) is 28.8 Å². The summed E-state index contributed by atoms with van der Waals surface area (Å²) in [5, 5.41) is 28.9. The standard InChI is InChI=1S/C19H20N4O2/c1-19(2,3)14-9-12(7-8-24)10-17(18(14)25)23-21-15-6-5-13(20-4)11-16(15)22-23/h5-6,9-11,24-25H,7-8H2,1-3H3. The Hall–Kier alpha value is -2.91. The molecule has 0 spiro atoms. The van der Waals surface area contributed by atoms with Crippen molar-refractivity contribution in [2.24, 2.45) is 0 Å². The van der Waals surface area contributed by atoms with Gasteiger partial charge < -0.3 is 10.2 Å². The van der Waals surface area contributed by atoms with E-state index in [1.165, 1.54) is 4.80 Å². The molecular weight excluding hydrogens is 316 g/mol. The fourth-order valence-electron chi connectivity index (χ4n) is 2.76. The normalized spacial score (nSPS) is 11.6. The molecular formula is C19H20N4O2. The number of hydrogen-bond donors (Lipinski definition) is 2. The second kappa shape index (κ2) is 6.19. The van der Waals surface area contributed by atoms with Gasteiger partial charge in [0.15, 0.2) is 5.69 Å². The van der Waals surface area contributed by atoms with Gasteiger partial charge in [-0.05, 0) is 35.6 Å². The quantitative estimate of drug-likeness (QED) is 0.718. The van der Waals surface area contributed by atoms with Gasteiger partial charge in [-0.3, -0.25) is 0 Å². The molecule has 0 radical (unpaired) electrons. The first-order valence-corrected chi connectivity index (χ1v) is 8.05. The van der Waals surface area contributed by atoms with Gasteiger partial charge in [-0.15, -0.1) is 15.0 Å². The maximum absolute atomic E-state index is 10.8. The van der Waals surface area contributed by atoms with Crippen LogP contribution in [0.5, 0.6) is 5.75 Å². The molecule has 0 atom stereocenters. The summed E-state index contributed by atoms with van der Waals surface area (Å²) in [5.74, 6) is 0.125. The summed E-state index contributed by atoms with van der Waals surface area (Å²) in [6, 6.07) is 8.80. The van der Waals surface area contributed by atoms with Crippen LogP contribution in [0.3, 0.4) is 0 Å². The molecule has 0 amide bonds. The minimum atomic E-state index is -0.270. The summed E-state index contributed by atoms with van der Waals surface area (Å²) < 4.78 is 0. The van der Waals surface area contributed by atoms with Crippen LogP contribution in [0.4, 0.5) is 5.69 Å². The average molecular weight is 336 g/mol. The van der Waals surface area contributed by atoms with Crippen LogP contribution in [0.25, 0.3) is 21.6 Å². The second-order valence-corrected chi connectivity index (χ2v) is 7.01. The van der Waals surface area contributed by atoms with E-state index in [9.17, 15) is 10.2 Å². The van der Waals surface area contributed by atoms with Crippen LogP contribution >= 0.6 is 0 Å². The average Bonchev–Trinajstić information content (AvgIpc) is 2.98. The third-order valence-electron chi connectivity index (χ3n) is 4.07. The number of rotatable bonds is 3. The zero-order valence-corrected chi connectivity index (χ0v) is 14.5. The van der Waals surface area contributed by atoms with Gasteiger partial charge in [-0.1, -0.05) is 32.9 Å². The molecule has 1 heterocycles. The lowest BCUT2D eigenvalue weighted by Crippen LogP contribution is -2.14. The molecule has 0 bridgehead atoms. The summed E-state index contributed by atoms with van der Waals surface area (Å²) in [5.41, 5.74) is 3.62. The summed E-state index contributed by atoms with van der Waals surface area (Å²) in [6.45, 7) is 13.2. The zero-order valence-electron chi connectivity index (χ0n) is 14.5. The lowest BCUT2D eigenvalue weighted by atomic mass is 9.84. The van der Waals surface area contributed by atoms with E-state index in [1.54, 1.807) is 24.3 Å². The Morgan fingerprint density at radius 2 is 1.84 bits per heavy atom. The molecule has 1 aromatic heterocycles. The van der Waals surface area contributed by atoms with Crippen LogP contribution in [-0.2, 0) is 11.8 Å². The van der Waals surface area contributed by atoms with Crippen molar-refractivity contribution in [3.05, 3.63) is 52.9 Å². The van der Waals surface area contributed by atoms with Crippen molar-refractivity contribution < 1.29 is 10.2 Å². The van der Waals surface area contributed by atoms with Crippen molar-refractivity contribution in [1.82, 2.24) is 15.0 Å². The molecule has 25 heavy (non-hydrogen) atoms. The van der Waals surface area contributed by atoms with E-state index in [4.69, 9.17) is 6.57 Å². The smallest absolute Gasteiger partial charge is 0.189 e. The number of aliphatic hydroxyl groups excluding tert-OH is 1. The highest BCUT2D eigenvalue weighted by atomic mass is 16.3. The van der Waals surface area contributed by atoms with E-state index < -0.39 is 0 Å². The number of aliphatic hydroxyl groups is 1. The fraction of sp³-hybridized carbons (Fsp3) is 0.316. The van der Waals surface area contributed by atoms with E-state index in [-0.39, 0.29) is 17.8 Å². The first kappa shape index (κ1) is 16.9. The van der Waals surface area contributed by atoms with Crippen molar-refractivity contribution in [1.29, 1.82) is 0 Å². The van der Waals surface area contributed by atoms with E-state index in [1.807, 2.05) is 26.8 Å². The Morgan fingerprint density at radius 1 is 1.12 bits per heavy atom. The molecule has 0 fully saturated rings. The number of phenolic OH excluding ortho intramolecular Hbond substituents is 1. The number of nitrogens with zero attached hydrogens (tertiary/aromatic N) is 4. The van der Waals surface area contributed by atoms with Crippen molar-refractivity contribution >= 4 is 16.7 Å². The molecule has 0 saturated carbocycles. The van der Waals surface area contributed by atoms with Crippen LogP contribution in [0.1, 0.15) is 31.9 Å². The summed E-state index contributed by atoms with van der Waals surface area (Å²) >= 11 is 0. The van der Waals surface area contributed by atoms with Crippen LogP contribution in [0.2, 0.25) is 0 Å². The molecule has 0 saturated heterocycles. The van der Waals surface area contributed by atoms with Gasteiger partial charge in [0.05, 0.1) is 6.57 Å². The number of benzene rings is 2. The first-order valence-electron chi connectivity index (χ1n) is 8.05. The second-order valence-electron chi connectivity index (χ2n) is 7.01. The lowest BCUT2D eigenvalue weighted by Gasteiger charge is -2.23. The van der Waals surface area contributed by atoms with Gasteiger partial charge in [-0.2, -0.15) is 0 Å². The summed E-state index contributed by atoms with van der Waals surface area (Å²) in [4.78, 5) is 4.79. The maximum Gasteiger partial charge on any atom is 0.189 e. The molecule has 2 aromatic carbocycles. The zero-order chi connectivity index (χ0) is 18.2. The Bertz CT molecular complexity index is 977. The minimum Gasteiger partial charge on any atom is -0.505 e. The lowest BCUT2D eigenvalue weighted by molar-refractivity contribution is 0.299. The predicted molar refractivity (Wildman–Crippen MR) is 96.3 cm³/mol. The van der Waals surface area contributed by atoms with Gasteiger partial charge in [0.2, 0.25) is 0 Å². The topological polar surface area (TPSA) is 75.5 Å². The van der Waals surface area contributed by atoms with Crippen LogP contribution in [0, 0.1) is 6.57 Å². The van der Waals surface area contributed by atoms with Crippen LogP contribution < -0.4 is 0 Å². The summed E-state index contributed by atoms with van der Waals surface area (Å²) in [6.07, 6.45) is 0.485. The number of aromatic nitrogens is 3.